The highest BCUT2D eigenvalue weighted by atomic mass is 79.9. The molecule has 1 heterocycles. The second-order valence-electron chi connectivity index (χ2n) is 4.26. The molecule has 0 saturated carbocycles. The maximum atomic E-state index is 3.49. The number of halogens is 1. The highest BCUT2D eigenvalue weighted by Gasteiger charge is 2.12. The molecule has 1 fully saturated rings. The first-order valence-electron chi connectivity index (χ1n) is 5.65. The largest absolute Gasteiger partial charge is 0.304 e. The normalized spacial score (nSPS) is 18.9. The molecule has 88 valence electrons. The van der Waals surface area contributed by atoms with Crippen LogP contribution in [0.1, 0.15) is 5.56 Å². The van der Waals surface area contributed by atoms with E-state index in [9.17, 15) is 0 Å². The molecule has 0 amide bonds. The van der Waals surface area contributed by atoms with Gasteiger partial charge in [0.15, 0.2) is 0 Å². The molecule has 0 radical (unpaired) electrons. The highest BCUT2D eigenvalue weighted by molar-refractivity contribution is 9.10. The van der Waals surface area contributed by atoms with Gasteiger partial charge >= 0.3 is 0 Å². The molecule has 0 atom stereocenters. The van der Waals surface area contributed by atoms with Crippen molar-refractivity contribution in [3.8, 4) is 0 Å². The predicted octanol–water partition coefficient (Wildman–Crippen LogP) is 1.70. The minimum absolute atomic E-state index is 0.906. The van der Waals surface area contributed by atoms with Crippen LogP contribution in [0.4, 0.5) is 0 Å². The number of likely N-dealkylation sites (N-methyl/N-ethyl adjacent to an activating group) is 1. The van der Waals surface area contributed by atoms with Gasteiger partial charge in [0.25, 0.3) is 0 Å². The molecule has 16 heavy (non-hydrogen) atoms. The van der Waals surface area contributed by atoms with Crippen LogP contribution in [0.2, 0.25) is 0 Å². The fourth-order valence-corrected chi connectivity index (χ4v) is 2.26. The molecule has 0 bridgehead atoms. The van der Waals surface area contributed by atoms with Gasteiger partial charge in [0, 0.05) is 37.2 Å². The van der Waals surface area contributed by atoms with E-state index in [0.29, 0.717) is 0 Å². The Balaban J connectivity index is 1.79. The second kappa shape index (κ2) is 5.77. The third-order valence-electron chi connectivity index (χ3n) is 2.90. The summed E-state index contributed by atoms with van der Waals surface area (Å²) in [5, 5.41) is 2.31. The molecule has 0 aliphatic carbocycles. The van der Waals surface area contributed by atoms with Gasteiger partial charge in [-0.25, -0.2) is 5.01 Å². The zero-order chi connectivity index (χ0) is 11.4. The van der Waals surface area contributed by atoms with E-state index in [2.05, 4.69) is 62.6 Å². The van der Waals surface area contributed by atoms with Crippen molar-refractivity contribution < 1.29 is 0 Å². The molecular formula is C12H18BrN3. The van der Waals surface area contributed by atoms with Gasteiger partial charge in [0.05, 0.1) is 0 Å². The quantitative estimate of drug-likeness (QED) is 0.911. The molecule has 1 N–H and O–H groups in total. The van der Waals surface area contributed by atoms with Crippen molar-refractivity contribution in [2.24, 2.45) is 0 Å². The van der Waals surface area contributed by atoms with Crippen LogP contribution in [0.3, 0.4) is 0 Å². The Hall–Kier alpha value is -0.420. The van der Waals surface area contributed by atoms with Crippen molar-refractivity contribution in [1.82, 2.24) is 15.3 Å². The lowest BCUT2D eigenvalue weighted by atomic mass is 10.2. The minimum atomic E-state index is 0.906. The Morgan fingerprint density at radius 1 is 1.25 bits per heavy atom. The summed E-state index contributed by atoms with van der Waals surface area (Å²) in [7, 11) is 2.17. The number of piperazine rings is 1. The molecule has 1 aliphatic heterocycles. The van der Waals surface area contributed by atoms with Crippen LogP contribution in [-0.4, -0.2) is 43.1 Å². The van der Waals surface area contributed by atoms with E-state index in [4.69, 9.17) is 0 Å². The summed E-state index contributed by atoms with van der Waals surface area (Å²) >= 11 is 3.49. The van der Waals surface area contributed by atoms with Crippen LogP contribution >= 0.6 is 15.9 Å². The SMILES string of the molecule is CN1CCN(NCc2cccc(Br)c2)CC1. The van der Waals surface area contributed by atoms with E-state index in [1.54, 1.807) is 0 Å². The molecule has 0 aromatic heterocycles. The molecule has 1 aromatic carbocycles. The zero-order valence-electron chi connectivity index (χ0n) is 9.62. The van der Waals surface area contributed by atoms with E-state index < -0.39 is 0 Å². The molecule has 4 heteroatoms. The Morgan fingerprint density at radius 2 is 2.00 bits per heavy atom. The topological polar surface area (TPSA) is 18.5 Å². The summed E-state index contributed by atoms with van der Waals surface area (Å²) < 4.78 is 1.14. The first kappa shape index (κ1) is 12.0. The maximum Gasteiger partial charge on any atom is 0.0353 e. The zero-order valence-corrected chi connectivity index (χ0v) is 11.2. The van der Waals surface area contributed by atoms with Crippen molar-refractivity contribution in [1.29, 1.82) is 0 Å². The summed E-state index contributed by atoms with van der Waals surface area (Å²) in [4.78, 5) is 2.36. The number of nitrogens with zero attached hydrogens (tertiary/aromatic N) is 2. The first-order valence-corrected chi connectivity index (χ1v) is 6.45. The lowest BCUT2D eigenvalue weighted by molar-refractivity contribution is 0.102. The van der Waals surface area contributed by atoms with E-state index in [0.717, 1.165) is 37.2 Å². The standard InChI is InChI=1S/C12H18BrN3/c1-15-5-7-16(8-6-15)14-10-11-3-2-4-12(13)9-11/h2-4,9,14H,5-8,10H2,1H3. The van der Waals surface area contributed by atoms with Gasteiger partial charge < -0.3 is 4.90 Å². The third kappa shape index (κ3) is 3.56. The van der Waals surface area contributed by atoms with Crippen molar-refractivity contribution in [2.75, 3.05) is 33.2 Å². The van der Waals surface area contributed by atoms with E-state index in [1.807, 2.05) is 0 Å². The van der Waals surface area contributed by atoms with Gasteiger partial charge in [-0.1, -0.05) is 28.1 Å². The van der Waals surface area contributed by atoms with Crippen molar-refractivity contribution in [3.05, 3.63) is 34.3 Å². The van der Waals surface area contributed by atoms with Crippen molar-refractivity contribution >= 4 is 15.9 Å². The lowest BCUT2D eigenvalue weighted by Crippen LogP contribution is -2.50. The lowest BCUT2D eigenvalue weighted by Gasteiger charge is -2.32. The van der Waals surface area contributed by atoms with Gasteiger partial charge in [-0.05, 0) is 24.7 Å². The molecular weight excluding hydrogens is 266 g/mol. The number of benzene rings is 1. The molecule has 2 rings (SSSR count). The fourth-order valence-electron chi connectivity index (χ4n) is 1.81. The van der Waals surface area contributed by atoms with Crippen LogP contribution in [-0.2, 0) is 6.54 Å². The molecule has 1 aliphatic rings. The van der Waals surface area contributed by atoms with Gasteiger partial charge in [-0.2, -0.15) is 0 Å². The second-order valence-corrected chi connectivity index (χ2v) is 5.17. The van der Waals surface area contributed by atoms with E-state index in [-0.39, 0.29) is 0 Å². The summed E-state index contributed by atoms with van der Waals surface area (Å²) in [5.74, 6) is 0. The van der Waals surface area contributed by atoms with Gasteiger partial charge in [-0.15, -0.1) is 0 Å². The number of rotatable bonds is 3. The number of nitrogens with one attached hydrogen (secondary N) is 1. The van der Waals surface area contributed by atoms with Crippen LogP contribution in [0.25, 0.3) is 0 Å². The summed E-state index contributed by atoms with van der Waals surface area (Å²) in [6.07, 6.45) is 0. The van der Waals surface area contributed by atoms with E-state index >= 15 is 0 Å². The highest BCUT2D eigenvalue weighted by Crippen LogP contribution is 2.11. The average Bonchev–Trinajstić information content (AvgIpc) is 2.28. The Morgan fingerprint density at radius 3 is 2.69 bits per heavy atom. The van der Waals surface area contributed by atoms with Gasteiger partial charge in [-0.3, -0.25) is 5.43 Å². The van der Waals surface area contributed by atoms with Crippen LogP contribution in [0, 0.1) is 0 Å². The average molecular weight is 284 g/mol. The molecule has 3 nitrogen and oxygen atoms in total. The fraction of sp³-hybridized carbons (Fsp3) is 0.500. The predicted molar refractivity (Wildman–Crippen MR) is 70.1 cm³/mol. The Labute approximate surface area is 106 Å². The number of hydrazine groups is 1. The van der Waals surface area contributed by atoms with Crippen molar-refractivity contribution in [2.45, 2.75) is 6.54 Å². The molecule has 1 saturated heterocycles. The number of hydrogen-bond donors (Lipinski definition) is 1. The smallest absolute Gasteiger partial charge is 0.0353 e. The molecule has 0 unspecified atom stereocenters. The van der Waals surface area contributed by atoms with Crippen molar-refractivity contribution in [3.63, 3.8) is 0 Å². The third-order valence-corrected chi connectivity index (χ3v) is 3.39. The Bertz CT molecular complexity index is 335. The number of hydrogen-bond acceptors (Lipinski definition) is 3. The minimum Gasteiger partial charge on any atom is -0.304 e. The van der Waals surface area contributed by atoms with Crippen LogP contribution in [0.15, 0.2) is 28.7 Å². The maximum absolute atomic E-state index is 3.49. The summed E-state index contributed by atoms with van der Waals surface area (Å²) in [6.45, 7) is 5.40. The first-order chi connectivity index (χ1) is 7.74. The Kier molecular flexibility index (Phi) is 4.35. The van der Waals surface area contributed by atoms with E-state index in [1.165, 1.54) is 5.56 Å². The van der Waals surface area contributed by atoms with Gasteiger partial charge in [0.2, 0.25) is 0 Å². The summed E-state index contributed by atoms with van der Waals surface area (Å²) in [6, 6.07) is 8.43. The monoisotopic (exact) mass is 283 g/mol. The summed E-state index contributed by atoms with van der Waals surface area (Å²) in [5.41, 5.74) is 4.78. The molecule has 0 spiro atoms. The van der Waals surface area contributed by atoms with Gasteiger partial charge in [0.1, 0.15) is 0 Å². The van der Waals surface area contributed by atoms with Crippen LogP contribution < -0.4 is 5.43 Å². The van der Waals surface area contributed by atoms with Crippen LogP contribution in [0.5, 0.6) is 0 Å². The molecule has 1 aromatic rings.